The summed E-state index contributed by atoms with van der Waals surface area (Å²) in [4.78, 5) is 23.9. The van der Waals surface area contributed by atoms with Crippen LogP contribution in [0.15, 0.2) is 23.1 Å². The van der Waals surface area contributed by atoms with Crippen molar-refractivity contribution >= 4 is 57.9 Å². The Morgan fingerprint density at radius 3 is 2.85 bits per heavy atom. The third-order valence-electron chi connectivity index (χ3n) is 2.44. The smallest absolute Gasteiger partial charge is 0.323 e. The minimum absolute atomic E-state index is 0.0297. The number of carboxylic acid groups (broad SMARTS) is 1. The standard InChI is InChI=1S/C12H8ClNO4S2/c13-7-1-2-8(15)6(3-7)4-9-11(18)14(5-10(16)17)12(19)20-9/h1-4,15H,5H2,(H,16,17)/b9-4+. The van der Waals surface area contributed by atoms with Crippen molar-refractivity contribution in [3.05, 3.63) is 33.7 Å². The number of aliphatic carboxylic acids is 1. The molecule has 1 aliphatic heterocycles. The Labute approximate surface area is 128 Å². The molecule has 1 heterocycles. The van der Waals surface area contributed by atoms with Crippen molar-refractivity contribution in [1.82, 2.24) is 4.90 Å². The highest BCUT2D eigenvalue weighted by Crippen LogP contribution is 2.34. The number of phenolic OH excluding ortho intramolecular Hbond substituents is 1. The molecule has 0 atom stereocenters. The van der Waals surface area contributed by atoms with E-state index in [1.165, 1.54) is 24.3 Å². The summed E-state index contributed by atoms with van der Waals surface area (Å²) < 4.78 is 0.171. The predicted octanol–water partition coefficient (Wildman–Crippen LogP) is 2.33. The van der Waals surface area contributed by atoms with Crippen LogP contribution in [0.4, 0.5) is 0 Å². The lowest BCUT2D eigenvalue weighted by molar-refractivity contribution is -0.140. The molecule has 0 aromatic heterocycles. The number of carbonyl (C=O) groups excluding carboxylic acids is 1. The van der Waals surface area contributed by atoms with Gasteiger partial charge in [-0.3, -0.25) is 14.5 Å². The van der Waals surface area contributed by atoms with E-state index in [1.54, 1.807) is 0 Å². The molecule has 1 saturated heterocycles. The Morgan fingerprint density at radius 1 is 1.50 bits per heavy atom. The Morgan fingerprint density at radius 2 is 2.20 bits per heavy atom. The second kappa shape index (κ2) is 5.82. The zero-order valence-corrected chi connectivity index (χ0v) is 12.3. The summed E-state index contributed by atoms with van der Waals surface area (Å²) in [6.45, 7) is -0.483. The van der Waals surface area contributed by atoms with Gasteiger partial charge in [0.1, 0.15) is 16.6 Å². The van der Waals surface area contributed by atoms with Gasteiger partial charge in [0.2, 0.25) is 0 Å². The van der Waals surface area contributed by atoms with Crippen LogP contribution < -0.4 is 0 Å². The van der Waals surface area contributed by atoms with E-state index in [2.05, 4.69) is 0 Å². The molecular formula is C12H8ClNO4S2. The lowest BCUT2D eigenvalue weighted by Crippen LogP contribution is -2.33. The number of hydrogen-bond donors (Lipinski definition) is 2. The van der Waals surface area contributed by atoms with Gasteiger partial charge in [-0.25, -0.2) is 0 Å². The summed E-state index contributed by atoms with van der Waals surface area (Å²) >= 11 is 11.8. The number of aromatic hydroxyl groups is 1. The number of rotatable bonds is 3. The maximum atomic E-state index is 12.0. The molecule has 1 aliphatic rings. The topological polar surface area (TPSA) is 77.8 Å². The average molecular weight is 330 g/mol. The third kappa shape index (κ3) is 3.12. The van der Waals surface area contributed by atoms with Gasteiger partial charge < -0.3 is 10.2 Å². The summed E-state index contributed by atoms with van der Waals surface area (Å²) in [7, 11) is 0. The summed E-state index contributed by atoms with van der Waals surface area (Å²) in [5.41, 5.74) is 0.369. The van der Waals surface area contributed by atoms with Gasteiger partial charge in [0, 0.05) is 10.6 Å². The fourth-order valence-corrected chi connectivity index (χ4v) is 2.98. The molecule has 8 heteroatoms. The zero-order valence-electron chi connectivity index (χ0n) is 9.87. The van der Waals surface area contributed by atoms with Crippen molar-refractivity contribution in [1.29, 1.82) is 0 Å². The lowest BCUT2D eigenvalue weighted by atomic mass is 10.2. The first-order chi connectivity index (χ1) is 9.38. The van der Waals surface area contributed by atoms with E-state index in [4.69, 9.17) is 28.9 Å². The second-order valence-corrected chi connectivity index (χ2v) is 5.98. The Balaban J connectivity index is 2.32. The molecule has 0 aliphatic carbocycles. The van der Waals surface area contributed by atoms with Gasteiger partial charge in [-0.1, -0.05) is 35.6 Å². The van der Waals surface area contributed by atoms with Crippen molar-refractivity contribution in [2.45, 2.75) is 0 Å². The quantitative estimate of drug-likeness (QED) is 0.654. The van der Waals surface area contributed by atoms with Gasteiger partial charge in [-0.05, 0) is 24.3 Å². The highest BCUT2D eigenvalue weighted by molar-refractivity contribution is 8.26. The number of thioether (sulfide) groups is 1. The predicted molar refractivity (Wildman–Crippen MR) is 80.6 cm³/mol. The molecule has 1 fully saturated rings. The molecule has 2 rings (SSSR count). The van der Waals surface area contributed by atoms with E-state index in [9.17, 15) is 14.7 Å². The van der Waals surface area contributed by atoms with Gasteiger partial charge in [0.15, 0.2) is 0 Å². The van der Waals surface area contributed by atoms with Crippen LogP contribution in [0.3, 0.4) is 0 Å². The van der Waals surface area contributed by atoms with Crippen LogP contribution in [0.5, 0.6) is 5.75 Å². The maximum absolute atomic E-state index is 12.0. The fraction of sp³-hybridized carbons (Fsp3) is 0.0833. The van der Waals surface area contributed by atoms with Crippen LogP contribution in [0.1, 0.15) is 5.56 Å². The van der Waals surface area contributed by atoms with E-state index in [0.29, 0.717) is 10.6 Å². The highest BCUT2D eigenvalue weighted by Gasteiger charge is 2.33. The minimum Gasteiger partial charge on any atom is -0.507 e. The van der Waals surface area contributed by atoms with E-state index < -0.39 is 18.4 Å². The molecule has 1 amide bonds. The van der Waals surface area contributed by atoms with Crippen molar-refractivity contribution in [2.24, 2.45) is 0 Å². The van der Waals surface area contributed by atoms with Crippen LogP contribution in [0, 0.1) is 0 Å². The molecule has 0 unspecified atom stereocenters. The van der Waals surface area contributed by atoms with Gasteiger partial charge in [-0.2, -0.15) is 0 Å². The van der Waals surface area contributed by atoms with Crippen LogP contribution in [-0.4, -0.2) is 37.9 Å². The number of phenols is 1. The van der Waals surface area contributed by atoms with Gasteiger partial charge in [0.05, 0.1) is 4.91 Å². The van der Waals surface area contributed by atoms with E-state index >= 15 is 0 Å². The number of nitrogens with zero attached hydrogens (tertiary/aromatic N) is 1. The molecular weight excluding hydrogens is 322 g/mol. The largest absolute Gasteiger partial charge is 0.507 e. The summed E-state index contributed by atoms with van der Waals surface area (Å²) in [6, 6.07) is 4.43. The summed E-state index contributed by atoms with van der Waals surface area (Å²) in [5.74, 6) is -1.67. The third-order valence-corrected chi connectivity index (χ3v) is 4.06. The normalized spacial score (nSPS) is 17.1. The van der Waals surface area contributed by atoms with Crippen molar-refractivity contribution in [2.75, 3.05) is 6.54 Å². The summed E-state index contributed by atoms with van der Waals surface area (Å²) in [6.07, 6.45) is 1.43. The Kier molecular flexibility index (Phi) is 4.32. The number of halogens is 1. The van der Waals surface area contributed by atoms with E-state index in [0.717, 1.165) is 16.7 Å². The monoisotopic (exact) mass is 329 g/mol. The highest BCUT2D eigenvalue weighted by atomic mass is 35.5. The van der Waals surface area contributed by atoms with Gasteiger partial charge in [0.25, 0.3) is 5.91 Å². The first-order valence-corrected chi connectivity index (χ1v) is 6.94. The molecule has 20 heavy (non-hydrogen) atoms. The van der Waals surface area contributed by atoms with E-state index in [-0.39, 0.29) is 15.0 Å². The Bertz CT molecular complexity index is 644. The van der Waals surface area contributed by atoms with Gasteiger partial charge in [-0.15, -0.1) is 0 Å². The number of amides is 1. The lowest BCUT2D eigenvalue weighted by Gasteiger charge is -2.10. The first-order valence-electron chi connectivity index (χ1n) is 5.34. The molecule has 1 aromatic carbocycles. The second-order valence-electron chi connectivity index (χ2n) is 3.86. The molecule has 5 nitrogen and oxygen atoms in total. The molecule has 0 spiro atoms. The van der Waals surface area contributed by atoms with Crippen LogP contribution >= 0.6 is 35.6 Å². The van der Waals surface area contributed by atoms with Crippen molar-refractivity contribution in [3.8, 4) is 5.75 Å². The molecule has 0 bridgehead atoms. The number of hydrogen-bond acceptors (Lipinski definition) is 5. The SMILES string of the molecule is O=C(O)CN1C(=O)/C(=C\c2cc(Cl)ccc2O)SC1=S. The average Bonchev–Trinajstić information content (AvgIpc) is 2.61. The molecule has 0 saturated carbocycles. The minimum atomic E-state index is -1.15. The van der Waals surface area contributed by atoms with E-state index in [1.807, 2.05) is 0 Å². The molecule has 1 aromatic rings. The van der Waals surface area contributed by atoms with Gasteiger partial charge >= 0.3 is 5.97 Å². The maximum Gasteiger partial charge on any atom is 0.323 e. The van der Waals surface area contributed by atoms with Crippen LogP contribution in [0.25, 0.3) is 6.08 Å². The number of benzene rings is 1. The van der Waals surface area contributed by atoms with Crippen molar-refractivity contribution in [3.63, 3.8) is 0 Å². The van der Waals surface area contributed by atoms with Crippen LogP contribution in [-0.2, 0) is 9.59 Å². The zero-order chi connectivity index (χ0) is 14.9. The molecule has 2 N–H and O–H groups in total. The number of carboxylic acids is 1. The summed E-state index contributed by atoms with van der Waals surface area (Å²) in [5, 5.41) is 18.8. The fourth-order valence-electron chi connectivity index (χ4n) is 1.55. The Hall–Kier alpha value is -1.57. The molecule has 104 valence electrons. The van der Waals surface area contributed by atoms with Crippen molar-refractivity contribution < 1.29 is 19.8 Å². The number of carbonyl (C=O) groups is 2. The first kappa shape index (κ1) is 14.8. The van der Waals surface area contributed by atoms with Crippen LogP contribution in [0.2, 0.25) is 5.02 Å². The molecule has 0 radical (unpaired) electrons. The number of thiocarbonyl (C=S) groups is 1.